The van der Waals surface area contributed by atoms with E-state index in [0.717, 1.165) is 0 Å². The van der Waals surface area contributed by atoms with Crippen LogP contribution < -0.4 is 5.32 Å². The molecule has 9 heteroatoms. The molecule has 0 bridgehead atoms. The number of carbonyl (C=O) groups excluding carboxylic acids is 2. The molecule has 1 aromatic heterocycles. The number of nitro benzene ring substituents is 1. The van der Waals surface area contributed by atoms with Gasteiger partial charge in [0.2, 0.25) is 12.0 Å². The number of aryl methyl sites for hydroxylation is 2. The van der Waals surface area contributed by atoms with Gasteiger partial charge in [0.15, 0.2) is 5.69 Å². The fourth-order valence-corrected chi connectivity index (χ4v) is 3.45. The van der Waals surface area contributed by atoms with Crippen molar-refractivity contribution in [3.05, 3.63) is 112 Å². The van der Waals surface area contributed by atoms with E-state index in [1.165, 1.54) is 12.1 Å². The molecule has 0 aliphatic rings. The summed E-state index contributed by atoms with van der Waals surface area (Å²) in [5.41, 5.74) is 1.38. The van der Waals surface area contributed by atoms with Gasteiger partial charge in [-0.15, -0.1) is 0 Å². The van der Waals surface area contributed by atoms with Gasteiger partial charge in [-0.05, 0) is 37.6 Å². The summed E-state index contributed by atoms with van der Waals surface area (Å²) in [5, 5.41) is 14.0. The molecule has 4 rings (SSSR count). The van der Waals surface area contributed by atoms with E-state index in [2.05, 4.69) is 10.3 Å². The van der Waals surface area contributed by atoms with E-state index in [-0.39, 0.29) is 28.7 Å². The smallest absolute Gasteiger partial charge is 0.361 e. The third-order valence-electron chi connectivity index (χ3n) is 5.18. The number of amides is 1. The molecule has 0 radical (unpaired) electrons. The van der Waals surface area contributed by atoms with Crippen LogP contribution in [0.15, 0.2) is 83.3 Å². The predicted octanol–water partition coefficient (Wildman–Crippen LogP) is 5.40. The molecular weight excluding hydrogens is 450 g/mol. The number of benzene rings is 3. The van der Waals surface area contributed by atoms with E-state index in [1.54, 1.807) is 62.4 Å². The molecule has 1 amide bonds. The fraction of sp³-hybridized carbons (Fsp3) is 0.115. The van der Waals surface area contributed by atoms with Crippen molar-refractivity contribution in [1.29, 1.82) is 0 Å². The Morgan fingerprint density at radius 1 is 1.00 bits per heavy atom. The number of hydrogen-bond acceptors (Lipinski definition) is 7. The number of nitrogens with zero attached hydrogens (tertiary/aromatic N) is 2. The fourth-order valence-electron chi connectivity index (χ4n) is 3.45. The molecule has 1 atom stereocenters. The number of oxazole rings is 1. The van der Waals surface area contributed by atoms with E-state index in [1.807, 2.05) is 18.2 Å². The van der Waals surface area contributed by atoms with Crippen molar-refractivity contribution >= 4 is 23.3 Å². The summed E-state index contributed by atoms with van der Waals surface area (Å²) in [6, 6.07) is 21.8. The van der Waals surface area contributed by atoms with Crippen LogP contribution in [0, 0.1) is 24.0 Å². The van der Waals surface area contributed by atoms with Crippen LogP contribution in [-0.4, -0.2) is 21.8 Å². The zero-order valence-electron chi connectivity index (χ0n) is 18.9. The second kappa shape index (κ2) is 10.0. The maximum Gasteiger partial charge on any atom is 0.361 e. The van der Waals surface area contributed by atoms with Crippen LogP contribution in [0.25, 0.3) is 11.5 Å². The first-order valence-corrected chi connectivity index (χ1v) is 10.7. The molecule has 9 nitrogen and oxygen atoms in total. The van der Waals surface area contributed by atoms with Crippen molar-refractivity contribution in [2.45, 2.75) is 20.0 Å². The Morgan fingerprint density at radius 3 is 2.31 bits per heavy atom. The quantitative estimate of drug-likeness (QED) is 0.217. The molecule has 1 N–H and O–H groups in total. The number of esters is 1. The summed E-state index contributed by atoms with van der Waals surface area (Å²) < 4.78 is 11.2. The van der Waals surface area contributed by atoms with Gasteiger partial charge < -0.3 is 14.5 Å². The lowest BCUT2D eigenvalue weighted by Crippen LogP contribution is -2.26. The lowest BCUT2D eigenvalue weighted by Gasteiger charge is -2.18. The van der Waals surface area contributed by atoms with Crippen molar-refractivity contribution in [2.75, 3.05) is 5.32 Å². The minimum Gasteiger partial charge on any atom is -0.442 e. The van der Waals surface area contributed by atoms with Gasteiger partial charge in [-0.1, -0.05) is 54.6 Å². The van der Waals surface area contributed by atoms with E-state index >= 15 is 0 Å². The summed E-state index contributed by atoms with van der Waals surface area (Å²) in [4.78, 5) is 41.4. The molecular formula is C26H21N3O6. The summed E-state index contributed by atoms with van der Waals surface area (Å²) in [5.74, 6) is -1.14. The molecule has 4 aromatic rings. The SMILES string of the molecule is Cc1ccc(NC(=O)C(OC(=O)c2nc(-c3ccccc3)oc2C)c2ccccc2)c([N+](=O)[O-])c1. The number of rotatable bonds is 7. The Bertz CT molecular complexity index is 1380. The second-order valence-corrected chi connectivity index (χ2v) is 7.75. The van der Waals surface area contributed by atoms with Gasteiger partial charge in [0.1, 0.15) is 11.4 Å². The van der Waals surface area contributed by atoms with Crippen molar-refractivity contribution in [3.8, 4) is 11.5 Å². The molecule has 1 unspecified atom stereocenters. The van der Waals surface area contributed by atoms with Crippen LogP contribution in [0.3, 0.4) is 0 Å². The second-order valence-electron chi connectivity index (χ2n) is 7.75. The lowest BCUT2D eigenvalue weighted by atomic mass is 10.1. The van der Waals surface area contributed by atoms with Crippen molar-refractivity contribution in [1.82, 2.24) is 4.98 Å². The number of nitro groups is 1. The zero-order valence-corrected chi connectivity index (χ0v) is 18.9. The van der Waals surface area contributed by atoms with E-state index < -0.39 is 22.9 Å². The third kappa shape index (κ3) is 5.25. The first kappa shape index (κ1) is 23.4. The average molecular weight is 471 g/mol. The molecule has 176 valence electrons. The Balaban J connectivity index is 1.63. The van der Waals surface area contributed by atoms with Gasteiger partial charge in [-0.3, -0.25) is 14.9 Å². The van der Waals surface area contributed by atoms with Gasteiger partial charge in [0.05, 0.1) is 4.92 Å². The molecule has 0 saturated carbocycles. The normalized spacial score (nSPS) is 11.5. The highest BCUT2D eigenvalue weighted by molar-refractivity contribution is 5.99. The number of nitrogens with one attached hydrogen (secondary N) is 1. The van der Waals surface area contributed by atoms with Crippen LogP contribution in [0.5, 0.6) is 0 Å². The van der Waals surface area contributed by atoms with Crippen LogP contribution >= 0.6 is 0 Å². The highest BCUT2D eigenvalue weighted by Gasteiger charge is 2.30. The number of hydrogen-bond donors (Lipinski definition) is 1. The average Bonchev–Trinajstić information content (AvgIpc) is 3.26. The largest absolute Gasteiger partial charge is 0.442 e. The topological polar surface area (TPSA) is 125 Å². The van der Waals surface area contributed by atoms with Crippen LogP contribution in [0.1, 0.15) is 33.5 Å². The van der Waals surface area contributed by atoms with E-state index in [4.69, 9.17) is 9.15 Å². The number of ether oxygens (including phenoxy) is 1. The number of anilines is 1. The highest BCUT2D eigenvalue weighted by Crippen LogP contribution is 2.29. The summed E-state index contributed by atoms with van der Waals surface area (Å²) in [6.07, 6.45) is -1.39. The van der Waals surface area contributed by atoms with Crippen LogP contribution in [0.2, 0.25) is 0 Å². The maximum atomic E-state index is 13.2. The van der Waals surface area contributed by atoms with Gasteiger partial charge in [-0.2, -0.15) is 0 Å². The Kier molecular flexibility index (Phi) is 6.68. The molecule has 35 heavy (non-hydrogen) atoms. The third-order valence-corrected chi connectivity index (χ3v) is 5.18. The molecule has 0 aliphatic heterocycles. The van der Waals surface area contributed by atoms with E-state index in [0.29, 0.717) is 16.7 Å². The minimum atomic E-state index is -1.39. The summed E-state index contributed by atoms with van der Waals surface area (Å²) >= 11 is 0. The van der Waals surface area contributed by atoms with Crippen molar-refractivity contribution in [3.63, 3.8) is 0 Å². The molecule has 0 spiro atoms. The summed E-state index contributed by atoms with van der Waals surface area (Å²) in [6.45, 7) is 3.28. The molecule has 0 aliphatic carbocycles. The monoisotopic (exact) mass is 471 g/mol. The minimum absolute atomic E-state index is 0.00781. The molecule has 0 fully saturated rings. The zero-order chi connectivity index (χ0) is 24.9. The molecule has 0 saturated heterocycles. The Hall–Kier alpha value is -4.79. The predicted molar refractivity (Wildman–Crippen MR) is 128 cm³/mol. The van der Waals surface area contributed by atoms with E-state index in [9.17, 15) is 19.7 Å². The molecule has 1 heterocycles. The number of carbonyl (C=O) groups is 2. The van der Waals surface area contributed by atoms with Crippen LogP contribution in [-0.2, 0) is 9.53 Å². The van der Waals surface area contributed by atoms with Gasteiger partial charge in [-0.25, -0.2) is 9.78 Å². The highest BCUT2D eigenvalue weighted by atomic mass is 16.6. The van der Waals surface area contributed by atoms with Crippen LogP contribution in [0.4, 0.5) is 11.4 Å². The molecule has 3 aromatic carbocycles. The van der Waals surface area contributed by atoms with Crippen molar-refractivity contribution < 1.29 is 23.7 Å². The standard InChI is InChI=1S/C26H21N3O6/c1-16-13-14-20(21(15-16)29(32)33)27-24(30)23(18-9-5-3-6-10-18)35-26(31)22-17(2)34-25(28-22)19-11-7-4-8-12-19/h3-15,23H,1-2H3,(H,27,30). The van der Waals surface area contributed by atoms with Gasteiger partial charge in [0, 0.05) is 17.2 Å². The lowest BCUT2D eigenvalue weighted by molar-refractivity contribution is -0.384. The summed E-state index contributed by atoms with van der Waals surface area (Å²) in [7, 11) is 0. The Morgan fingerprint density at radius 2 is 1.66 bits per heavy atom. The van der Waals surface area contributed by atoms with Gasteiger partial charge >= 0.3 is 5.97 Å². The van der Waals surface area contributed by atoms with Gasteiger partial charge in [0.25, 0.3) is 11.6 Å². The first-order valence-electron chi connectivity index (χ1n) is 10.7. The maximum absolute atomic E-state index is 13.2. The van der Waals surface area contributed by atoms with Crippen molar-refractivity contribution in [2.24, 2.45) is 0 Å². The number of aromatic nitrogens is 1. The Labute approximate surface area is 200 Å². The first-order chi connectivity index (χ1) is 16.8.